The zero-order valence-corrected chi connectivity index (χ0v) is 14.7. The van der Waals surface area contributed by atoms with E-state index >= 15 is 0 Å². The maximum absolute atomic E-state index is 5.76. The Labute approximate surface area is 141 Å². The molecular formula is C17H24N4OS. The van der Waals surface area contributed by atoms with Gasteiger partial charge in [0, 0.05) is 11.8 Å². The van der Waals surface area contributed by atoms with Gasteiger partial charge >= 0.3 is 0 Å². The molecule has 1 aromatic heterocycles. The molecule has 0 aliphatic heterocycles. The molecular weight excluding hydrogens is 308 g/mol. The highest BCUT2D eigenvalue weighted by molar-refractivity contribution is 7.99. The lowest BCUT2D eigenvalue weighted by Gasteiger charge is -2.19. The largest absolute Gasteiger partial charge is 0.494 e. The molecule has 23 heavy (non-hydrogen) atoms. The highest BCUT2D eigenvalue weighted by Gasteiger charge is 2.12. The second kappa shape index (κ2) is 7.55. The summed E-state index contributed by atoms with van der Waals surface area (Å²) in [5, 5.41) is 0.608. The van der Waals surface area contributed by atoms with Crippen molar-refractivity contribution in [3.05, 3.63) is 35.9 Å². The summed E-state index contributed by atoms with van der Waals surface area (Å²) in [4.78, 5) is 8.26. The fourth-order valence-corrected chi connectivity index (χ4v) is 2.77. The van der Waals surface area contributed by atoms with E-state index in [1.807, 2.05) is 12.1 Å². The number of hydrogen-bond acceptors (Lipinski definition) is 6. The summed E-state index contributed by atoms with van der Waals surface area (Å²) in [5.74, 6) is 2.54. The maximum Gasteiger partial charge on any atom is 0.191 e. The summed E-state index contributed by atoms with van der Waals surface area (Å²) < 4.78 is 5.76. The van der Waals surface area contributed by atoms with Gasteiger partial charge in [0.15, 0.2) is 5.16 Å². The minimum atomic E-state index is 0.161. The van der Waals surface area contributed by atoms with Crippen LogP contribution in [0.3, 0.4) is 0 Å². The normalized spacial score (nSPS) is 11.4. The molecule has 0 saturated heterocycles. The molecule has 0 fully saturated rings. The molecule has 0 aliphatic carbocycles. The Balaban J connectivity index is 1.73. The molecule has 1 aromatic carbocycles. The van der Waals surface area contributed by atoms with E-state index in [-0.39, 0.29) is 5.41 Å². The third-order valence-corrected chi connectivity index (χ3v) is 4.19. The quantitative estimate of drug-likeness (QED) is 0.478. The molecule has 1 heterocycles. The minimum Gasteiger partial charge on any atom is -0.494 e. The lowest BCUT2D eigenvalue weighted by atomic mass is 9.87. The number of benzene rings is 1. The molecule has 0 atom stereocenters. The number of ether oxygens (including phenoxy) is 1. The van der Waals surface area contributed by atoms with E-state index < -0.39 is 0 Å². The van der Waals surface area contributed by atoms with E-state index in [0.29, 0.717) is 23.4 Å². The van der Waals surface area contributed by atoms with Crippen LogP contribution in [0.25, 0.3) is 0 Å². The second-order valence-corrected chi connectivity index (χ2v) is 7.39. The van der Waals surface area contributed by atoms with E-state index in [2.05, 4.69) is 42.9 Å². The summed E-state index contributed by atoms with van der Waals surface area (Å²) in [6, 6.07) is 9.83. The zero-order valence-electron chi connectivity index (χ0n) is 13.9. The van der Waals surface area contributed by atoms with Gasteiger partial charge in [-0.2, -0.15) is 0 Å². The molecule has 0 radical (unpaired) electrons. The van der Waals surface area contributed by atoms with Gasteiger partial charge in [-0.3, -0.25) is 0 Å². The number of hydrogen-bond donors (Lipinski definition) is 2. The lowest BCUT2D eigenvalue weighted by Crippen LogP contribution is -2.10. The maximum atomic E-state index is 5.76. The molecule has 0 spiro atoms. The van der Waals surface area contributed by atoms with Gasteiger partial charge in [-0.05, 0) is 29.5 Å². The Morgan fingerprint density at radius 1 is 1.04 bits per heavy atom. The van der Waals surface area contributed by atoms with Crippen molar-refractivity contribution in [3.8, 4) is 5.75 Å². The highest BCUT2D eigenvalue weighted by Crippen LogP contribution is 2.24. The van der Waals surface area contributed by atoms with Crippen LogP contribution in [0.2, 0.25) is 0 Å². The highest BCUT2D eigenvalue weighted by atomic mass is 32.2. The second-order valence-electron chi connectivity index (χ2n) is 6.33. The number of rotatable bonds is 6. The van der Waals surface area contributed by atoms with Gasteiger partial charge in [-0.1, -0.05) is 44.7 Å². The Morgan fingerprint density at radius 2 is 1.65 bits per heavy atom. The van der Waals surface area contributed by atoms with Gasteiger partial charge < -0.3 is 16.2 Å². The third kappa shape index (κ3) is 5.63. The lowest BCUT2D eigenvalue weighted by molar-refractivity contribution is 0.318. The molecule has 5 nitrogen and oxygen atoms in total. The van der Waals surface area contributed by atoms with Crippen LogP contribution in [-0.2, 0) is 5.41 Å². The summed E-state index contributed by atoms with van der Waals surface area (Å²) >= 11 is 1.53. The van der Waals surface area contributed by atoms with Gasteiger partial charge in [0.25, 0.3) is 0 Å². The SMILES string of the molecule is CC(C)(C)c1ccc(OCCCSc2nc(N)cc(N)n2)cc1. The van der Waals surface area contributed by atoms with E-state index in [0.717, 1.165) is 17.9 Å². The van der Waals surface area contributed by atoms with Crippen LogP contribution in [-0.4, -0.2) is 22.3 Å². The fraction of sp³-hybridized carbons (Fsp3) is 0.412. The van der Waals surface area contributed by atoms with Crippen LogP contribution in [0.15, 0.2) is 35.5 Å². The van der Waals surface area contributed by atoms with E-state index in [9.17, 15) is 0 Å². The van der Waals surface area contributed by atoms with Crippen LogP contribution in [0, 0.1) is 0 Å². The molecule has 0 aliphatic rings. The Morgan fingerprint density at radius 3 is 2.22 bits per heavy atom. The Kier molecular flexibility index (Phi) is 5.71. The minimum absolute atomic E-state index is 0.161. The van der Waals surface area contributed by atoms with Crippen molar-refractivity contribution in [2.45, 2.75) is 37.8 Å². The molecule has 4 N–H and O–H groups in total. The van der Waals surface area contributed by atoms with Gasteiger partial charge in [0.2, 0.25) is 0 Å². The van der Waals surface area contributed by atoms with Crippen molar-refractivity contribution in [1.29, 1.82) is 0 Å². The zero-order chi connectivity index (χ0) is 16.9. The van der Waals surface area contributed by atoms with Crippen molar-refractivity contribution in [2.75, 3.05) is 23.8 Å². The van der Waals surface area contributed by atoms with Crippen molar-refractivity contribution in [1.82, 2.24) is 9.97 Å². The van der Waals surface area contributed by atoms with Crippen molar-refractivity contribution < 1.29 is 4.74 Å². The number of anilines is 2. The predicted molar refractivity (Wildman–Crippen MR) is 96.8 cm³/mol. The fourth-order valence-electron chi connectivity index (χ4n) is 1.99. The Hall–Kier alpha value is -1.95. The van der Waals surface area contributed by atoms with Gasteiger partial charge in [-0.25, -0.2) is 9.97 Å². The van der Waals surface area contributed by atoms with Crippen molar-refractivity contribution in [3.63, 3.8) is 0 Å². The smallest absolute Gasteiger partial charge is 0.191 e. The van der Waals surface area contributed by atoms with E-state index in [1.54, 1.807) is 6.07 Å². The van der Waals surface area contributed by atoms with Crippen LogP contribution < -0.4 is 16.2 Å². The first-order chi connectivity index (χ1) is 10.8. The standard InChI is InChI=1S/C17H24N4OS/c1-17(2,3)12-5-7-13(8-6-12)22-9-4-10-23-16-20-14(18)11-15(19)21-16/h5-8,11H,4,9-10H2,1-3H3,(H4,18,19,20,21). The molecule has 2 aromatic rings. The number of aromatic nitrogens is 2. The summed E-state index contributed by atoms with van der Waals surface area (Å²) in [5.41, 5.74) is 12.7. The average molecular weight is 332 g/mol. The van der Waals surface area contributed by atoms with Gasteiger partial charge in [-0.15, -0.1) is 0 Å². The topological polar surface area (TPSA) is 87.0 Å². The van der Waals surface area contributed by atoms with Gasteiger partial charge in [0.05, 0.1) is 6.61 Å². The average Bonchev–Trinajstić information content (AvgIpc) is 2.45. The van der Waals surface area contributed by atoms with Crippen LogP contribution >= 0.6 is 11.8 Å². The van der Waals surface area contributed by atoms with Crippen LogP contribution in [0.5, 0.6) is 5.75 Å². The van der Waals surface area contributed by atoms with Gasteiger partial charge in [0.1, 0.15) is 17.4 Å². The monoisotopic (exact) mass is 332 g/mol. The third-order valence-electron chi connectivity index (χ3n) is 3.25. The first-order valence-corrected chi connectivity index (χ1v) is 8.59. The molecule has 0 amide bonds. The molecule has 0 bridgehead atoms. The summed E-state index contributed by atoms with van der Waals surface area (Å²) in [7, 11) is 0. The number of nitrogen functional groups attached to an aromatic ring is 2. The summed E-state index contributed by atoms with van der Waals surface area (Å²) in [6.07, 6.45) is 0.893. The van der Waals surface area contributed by atoms with E-state index in [4.69, 9.17) is 16.2 Å². The number of nitrogens with zero attached hydrogens (tertiary/aromatic N) is 2. The molecule has 0 unspecified atom stereocenters. The van der Waals surface area contributed by atoms with Crippen molar-refractivity contribution in [2.24, 2.45) is 0 Å². The van der Waals surface area contributed by atoms with E-state index in [1.165, 1.54) is 17.3 Å². The first kappa shape index (κ1) is 17.4. The number of nitrogens with two attached hydrogens (primary N) is 2. The van der Waals surface area contributed by atoms with Crippen LogP contribution in [0.4, 0.5) is 11.6 Å². The molecule has 2 rings (SSSR count). The predicted octanol–water partition coefficient (Wildman–Crippen LogP) is 3.50. The molecule has 124 valence electrons. The first-order valence-electron chi connectivity index (χ1n) is 7.61. The molecule has 6 heteroatoms. The van der Waals surface area contributed by atoms with Crippen molar-refractivity contribution >= 4 is 23.4 Å². The van der Waals surface area contributed by atoms with Crippen LogP contribution in [0.1, 0.15) is 32.8 Å². The molecule has 0 saturated carbocycles. The summed E-state index contributed by atoms with van der Waals surface area (Å²) in [6.45, 7) is 7.25. The Bertz CT molecular complexity index is 618. The number of thioether (sulfide) groups is 1.